The molecule has 0 saturated heterocycles. The maximum absolute atomic E-state index is 6.01. The number of nitrogens with zero attached hydrogens (tertiary/aromatic N) is 2. The zero-order valence-electron chi connectivity index (χ0n) is 9.12. The molecule has 0 aliphatic rings. The highest BCUT2D eigenvalue weighted by Crippen LogP contribution is 2.05. The summed E-state index contributed by atoms with van der Waals surface area (Å²) in [5.74, 6) is 0. The van der Waals surface area contributed by atoms with E-state index in [4.69, 9.17) is 11.6 Å². The zero-order valence-corrected chi connectivity index (χ0v) is 9.88. The Morgan fingerprint density at radius 2 is 1.47 bits per heavy atom. The van der Waals surface area contributed by atoms with Gasteiger partial charge in [0.25, 0.3) is 0 Å². The molecule has 2 rings (SSSR count). The first-order valence-corrected chi connectivity index (χ1v) is 5.61. The Morgan fingerprint density at radius 3 is 2.12 bits per heavy atom. The van der Waals surface area contributed by atoms with Crippen molar-refractivity contribution in [2.45, 2.75) is 0 Å². The lowest BCUT2D eigenvalue weighted by atomic mass is 10.2. The van der Waals surface area contributed by atoms with Crippen molar-refractivity contribution in [3.63, 3.8) is 0 Å². The third-order valence-electron chi connectivity index (χ3n) is 2.16. The van der Waals surface area contributed by atoms with Gasteiger partial charge in [-0.25, -0.2) is 0 Å². The number of hydrogen-bond acceptors (Lipinski definition) is 2. The Bertz CT molecular complexity index is 518. The van der Waals surface area contributed by atoms with Crippen LogP contribution < -0.4 is 0 Å². The molecule has 0 unspecified atom stereocenters. The fourth-order valence-corrected chi connectivity index (χ4v) is 1.49. The van der Waals surface area contributed by atoms with Crippen LogP contribution in [-0.4, -0.2) is 11.4 Å². The zero-order chi connectivity index (χ0) is 11.9. The lowest BCUT2D eigenvalue weighted by Gasteiger charge is -1.94. The van der Waals surface area contributed by atoms with Crippen molar-refractivity contribution in [1.29, 1.82) is 0 Å². The second-order valence-corrected chi connectivity index (χ2v) is 3.77. The second-order valence-electron chi connectivity index (χ2n) is 3.41. The van der Waals surface area contributed by atoms with Gasteiger partial charge in [0.15, 0.2) is 5.17 Å². The smallest absolute Gasteiger partial charge is 0.157 e. The minimum atomic E-state index is 0.387. The summed E-state index contributed by atoms with van der Waals surface area (Å²) in [5.41, 5.74) is 1.85. The Morgan fingerprint density at radius 1 is 0.882 bits per heavy atom. The molecule has 0 bridgehead atoms. The number of benzene rings is 2. The molecule has 84 valence electrons. The molecule has 17 heavy (non-hydrogen) atoms. The van der Waals surface area contributed by atoms with Crippen LogP contribution in [0.1, 0.15) is 11.1 Å². The van der Waals surface area contributed by atoms with Crippen LogP contribution in [0.5, 0.6) is 0 Å². The van der Waals surface area contributed by atoms with Crippen molar-refractivity contribution in [1.82, 2.24) is 0 Å². The molecule has 0 aromatic heterocycles. The molecule has 2 aromatic rings. The van der Waals surface area contributed by atoms with Gasteiger partial charge in [0, 0.05) is 5.56 Å². The molecule has 3 heteroatoms. The summed E-state index contributed by atoms with van der Waals surface area (Å²) in [5, 5.41) is 8.28. The third-order valence-corrected chi connectivity index (χ3v) is 2.46. The van der Waals surface area contributed by atoms with E-state index in [1.165, 1.54) is 0 Å². The summed E-state index contributed by atoms with van der Waals surface area (Å²) in [7, 11) is 0. The van der Waals surface area contributed by atoms with Gasteiger partial charge in [-0.05, 0) is 5.56 Å². The lowest BCUT2D eigenvalue weighted by Crippen LogP contribution is -1.89. The summed E-state index contributed by atoms with van der Waals surface area (Å²) in [6.07, 6.45) is 1.67. The van der Waals surface area contributed by atoms with E-state index >= 15 is 0 Å². The maximum atomic E-state index is 6.01. The number of halogens is 1. The molecular formula is C14H11ClN2. The summed E-state index contributed by atoms with van der Waals surface area (Å²) < 4.78 is 0. The fourth-order valence-electron chi connectivity index (χ4n) is 1.32. The Hall–Kier alpha value is -1.93. The molecule has 0 fully saturated rings. The predicted octanol–water partition coefficient (Wildman–Crippen LogP) is 3.71. The van der Waals surface area contributed by atoms with Gasteiger partial charge >= 0.3 is 0 Å². The summed E-state index contributed by atoms with van der Waals surface area (Å²) in [6, 6.07) is 19.3. The van der Waals surface area contributed by atoms with E-state index in [0.29, 0.717) is 5.17 Å². The molecule has 0 amide bonds. The van der Waals surface area contributed by atoms with E-state index in [1.807, 2.05) is 60.7 Å². The fraction of sp³-hybridized carbons (Fsp3) is 0. The van der Waals surface area contributed by atoms with Crippen LogP contribution >= 0.6 is 11.6 Å². The van der Waals surface area contributed by atoms with E-state index in [-0.39, 0.29) is 0 Å². The van der Waals surface area contributed by atoms with Gasteiger partial charge in [-0.2, -0.15) is 5.10 Å². The van der Waals surface area contributed by atoms with Gasteiger partial charge in [0.05, 0.1) is 6.21 Å². The van der Waals surface area contributed by atoms with E-state index < -0.39 is 0 Å². The summed E-state index contributed by atoms with van der Waals surface area (Å²) in [6.45, 7) is 0. The van der Waals surface area contributed by atoms with Crippen LogP contribution in [0, 0.1) is 0 Å². The Kier molecular flexibility index (Phi) is 4.05. The van der Waals surface area contributed by atoms with Crippen molar-refractivity contribution >= 4 is 23.0 Å². The molecule has 0 atom stereocenters. The molecule has 2 aromatic carbocycles. The molecule has 0 heterocycles. The van der Waals surface area contributed by atoms with Gasteiger partial charge in [0.1, 0.15) is 0 Å². The monoisotopic (exact) mass is 242 g/mol. The van der Waals surface area contributed by atoms with Crippen molar-refractivity contribution in [3.8, 4) is 0 Å². The molecule has 0 aliphatic carbocycles. The molecule has 0 radical (unpaired) electrons. The molecule has 0 N–H and O–H groups in total. The third kappa shape index (κ3) is 3.54. The van der Waals surface area contributed by atoms with Crippen LogP contribution in [0.25, 0.3) is 0 Å². The maximum Gasteiger partial charge on any atom is 0.158 e. The predicted molar refractivity (Wildman–Crippen MR) is 72.9 cm³/mol. The summed E-state index contributed by atoms with van der Waals surface area (Å²) >= 11 is 6.01. The van der Waals surface area contributed by atoms with Crippen molar-refractivity contribution in [3.05, 3.63) is 71.8 Å². The van der Waals surface area contributed by atoms with Crippen LogP contribution in [0.4, 0.5) is 0 Å². The van der Waals surface area contributed by atoms with Crippen molar-refractivity contribution in [2.24, 2.45) is 10.2 Å². The van der Waals surface area contributed by atoms with Gasteiger partial charge < -0.3 is 0 Å². The van der Waals surface area contributed by atoms with E-state index in [0.717, 1.165) is 11.1 Å². The van der Waals surface area contributed by atoms with E-state index in [2.05, 4.69) is 10.2 Å². The van der Waals surface area contributed by atoms with Crippen LogP contribution in [0.3, 0.4) is 0 Å². The lowest BCUT2D eigenvalue weighted by molar-refractivity contribution is 1.26. The quantitative estimate of drug-likeness (QED) is 0.579. The van der Waals surface area contributed by atoms with Crippen LogP contribution in [0.2, 0.25) is 0 Å². The minimum absolute atomic E-state index is 0.387. The van der Waals surface area contributed by atoms with Crippen molar-refractivity contribution in [2.75, 3.05) is 0 Å². The highest BCUT2D eigenvalue weighted by atomic mass is 35.5. The van der Waals surface area contributed by atoms with E-state index in [1.54, 1.807) is 6.21 Å². The summed E-state index contributed by atoms with van der Waals surface area (Å²) in [4.78, 5) is 0. The number of hydrogen-bond donors (Lipinski definition) is 0. The molecule has 0 aliphatic heterocycles. The number of rotatable bonds is 3. The first-order chi connectivity index (χ1) is 8.36. The highest BCUT2D eigenvalue weighted by molar-refractivity contribution is 6.69. The van der Waals surface area contributed by atoms with Gasteiger partial charge in [0.2, 0.25) is 0 Å². The van der Waals surface area contributed by atoms with Crippen LogP contribution in [0.15, 0.2) is 70.9 Å². The van der Waals surface area contributed by atoms with Crippen molar-refractivity contribution < 1.29 is 0 Å². The standard InChI is InChI=1S/C14H11ClN2/c15-14(13-9-5-2-6-10-13)17-16-11-12-7-3-1-4-8-12/h1-11H/b16-11+,17-14-. The van der Waals surface area contributed by atoms with Gasteiger partial charge in [-0.15, -0.1) is 5.10 Å². The molecule has 0 spiro atoms. The Labute approximate surface area is 105 Å². The topological polar surface area (TPSA) is 24.7 Å². The van der Waals surface area contributed by atoms with Gasteiger partial charge in [-0.3, -0.25) is 0 Å². The molecule has 0 saturated carbocycles. The first kappa shape index (κ1) is 11.6. The Balaban J connectivity index is 2.09. The largest absolute Gasteiger partial charge is 0.158 e. The first-order valence-electron chi connectivity index (χ1n) is 5.23. The second kappa shape index (κ2) is 5.97. The average molecular weight is 243 g/mol. The average Bonchev–Trinajstić information content (AvgIpc) is 2.41. The van der Waals surface area contributed by atoms with E-state index in [9.17, 15) is 0 Å². The van der Waals surface area contributed by atoms with Gasteiger partial charge in [-0.1, -0.05) is 72.3 Å². The SMILES string of the molecule is Cl/C(=N\N=C\c1ccccc1)c1ccccc1. The van der Waals surface area contributed by atoms with Crippen LogP contribution in [-0.2, 0) is 0 Å². The minimum Gasteiger partial charge on any atom is -0.157 e. The normalized spacial score (nSPS) is 11.9. The molecular weight excluding hydrogens is 232 g/mol. The molecule has 2 nitrogen and oxygen atoms in total. The highest BCUT2D eigenvalue weighted by Gasteiger charge is 1.96.